The van der Waals surface area contributed by atoms with E-state index in [0.29, 0.717) is 0 Å². The lowest BCUT2D eigenvalue weighted by molar-refractivity contribution is 0.669. The van der Waals surface area contributed by atoms with Crippen LogP contribution >= 0.6 is 0 Å². The lowest BCUT2D eigenvalue weighted by Crippen LogP contribution is -2.09. The van der Waals surface area contributed by atoms with E-state index in [1.165, 1.54) is 27.3 Å². The summed E-state index contributed by atoms with van der Waals surface area (Å²) in [5.41, 5.74) is 11.5. The van der Waals surface area contributed by atoms with E-state index in [9.17, 15) is 0 Å². The van der Waals surface area contributed by atoms with Crippen LogP contribution in [0.15, 0.2) is 197 Å². The Morgan fingerprint density at radius 2 is 0.943 bits per heavy atom. The van der Waals surface area contributed by atoms with E-state index in [1.54, 1.807) is 0 Å². The third-order valence-corrected chi connectivity index (χ3v) is 10.7. The van der Waals surface area contributed by atoms with E-state index in [4.69, 9.17) is 8.83 Å². The number of fused-ring (bicyclic) bond motifs is 9. The molecule has 11 rings (SSSR count). The zero-order valence-corrected chi connectivity index (χ0v) is 28.7. The van der Waals surface area contributed by atoms with E-state index < -0.39 is 0 Å². The Bertz CT molecular complexity index is 3160. The van der Waals surface area contributed by atoms with Crippen molar-refractivity contribution in [3.63, 3.8) is 0 Å². The number of hydrogen-bond acceptors (Lipinski definition) is 3. The molecule has 0 spiro atoms. The van der Waals surface area contributed by atoms with E-state index in [1.807, 2.05) is 12.1 Å². The average Bonchev–Trinajstić information content (AvgIpc) is 3.79. The van der Waals surface area contributed by atoms with Gasteiger partial charge >= 0.3 is 0 Å². The number of rotatable bonds is 5. The quantitative estimate of drug-likeness (QED) is 0.182. The molecule has 0 amide bonds. The highest BCUT2D eigenvalue weighted by Crippen LogP contribution is 2.44. The number of anilines is 3. The van der Waals surface area contributed by atoms with Crippen LogP contribution in [0.2, 0.25) is 0 Å². The highest BCUT2D eigenvalue weighted by Gasteiger charge is 2.19. The second-order valence-corrected chi connectivity index (χ2v) is 13.7. The Hall–Kier alpha value is -7.10. The molecule has 248 valence electrons. The third kappa shape index (κ3) is 4.75. The minimum Gasteiger partial charge on any atom is -0.456 e. The van der Waals surface area contributed by atoms with Gasteiger partial charge in [0, 0.05) is 50.1 Å². The summed E-state index contributed by atoms with van der Waals surface area (Å²) < 4.78 is 12.9. The minimum atomic E-state index is 0.857. The smallest absolute Gasteiger partial charge is 0.143 e. The first-order chi connectivity index (χ1) is 26.3. The highest BCUT2D eigenvalue weighted by atomic mass is 16.3. The zero-order chi connectivity index (χ0) is 34.9. The third-order valence-electron chi connectivity index (χ3n) is 10.7. The van der Waals surface area contributed by atoms with Crippen LogP contribution in [0, 0.1) is 0 Å². The van der Waals surface area contributed by atoms with Gasteiger partial charge in [-0.25, -0.2) is 0 Å². The molecule has 0 atom stereocenters. The maximum absolute atomic E-state index is 6.81. The largest absolute Gasteiger partial charge is 0.456 e. The van der Waals surface area contributed by atoms with Crippen LogP contribution in [0.25, 0.3) is 87.7 Å². The zero-order valence-electron chi connectivity index (χ0n) is 28.7. The average molecular weight is 678 g/mol. The molecule has 9 aromatic carbocycles. The van der Waals surface area contributed by atoms with Crippen LogP contribution in [0.5, 0.6) is 0 Å². The molecule has 3 heteroatoms. The SMILES string of the molecule is c1ccc(N(c2ccc(-c3ccc4oc5ccccc5c4c3)cc2)c2ccc3c(c2)oc2c4ccccc4c(-c4cccc5ccccc45)cc32)cc1. The molecule has 11 aromatic rings. The molecular weight excluding hydrogens is 647 g/mol. The summed E-state index contributed by atoms with van der Waals surface area (Å²) in [6, 6.07) is 66.7. The second-order valence-electron chi connectivity index (χ2n) is 13.7. The Labute approximate surface area is 305 Å². The lowest BCUT2D eigenvalue weighted by Gasteiger charge is -2.25. The van der Waals surface area contributed by atoms with Crippen molar-refractivity contribution >= 4 is 82.5 Å². The van der Waals surface area contributed by atoms with Gasteiger partial charge in [0.2, 0.25) is 0 Å². The summed E-state index contributed by atoms with van der Waals surface area (Å²) in [5.74, 6) is 0. The maximum Gasteiger partial charge on any atom is 0.143 e. The molecule has 0 radical (unpaired) electrons. The summed E-state index contributed by atoms with van der Waals surface area (Å²) in [6.07, 6.45) is 0. The number of hydrogen-bond donors (Lipinski definition) is 0. The van der Waals surface area contributed by atoms with Crippen molar-refractivity contribution in [3.05, 3.63) is 188 Å². The topological polar surface area (TPSA) is 29.5 Å². The van der Waals surface area contributed by atoms with E-state index in [0.717, 1.165) is 77.5 Å². The monoisotopic (exact) mass is 677 g/mol. The van der Waals surface area contributed by atoms with Crippen LogP contribution in [-0.2, 0) is 0 Å². The highest BCUT2D eigenvalue weighted by molar-refractivity contribution is 6.21. The summed E-state index contributed by atoms with van der Waals surface area (Å²) >= 11 is 0. The van der Waals surface area contributed by atoms with Crippen LogP contribution in [-0.4, -0.2) is 0 Å². The summed E-state index contributed by atoms with van der Waals surface area (Å²) in [4.78, 5) is 2.29. The van der Waals surface area contributed by atoms with E-state index >= 15 is 0 Å². The van der Waals surface area contributed by atoms with Crippen LogP contribution in [0.4, 0.5) is 17.1 Å². The van der Waals surface area contributed by atoms with E-state index in [-0.39, 0.29) is 0 Å². The minimum absolute atomic E-state index is 0.857. The fraction of sp³-hybridized carbons (Fsp3) is 0. The van der Waals surface area contributed by atoms with Gasteiger partial charge < -0.3 is 13.7 Å². The molecule has 0 saturated heterocycles. The molecule has 0 aliphatic carbocycles. The predicted molar refractivity (Wildman–Crippen MR) is 222 cm³/mol. The molecule has 0 N–H and O–H groups in total. The first-order valence-electron chi connectivity index (χ1n) is 18.0. The van der Waals surface area contributed by atoms with Gasteiger partial charge in [-0.05, 0) is 99.1 Å². The molecule has 0 aliphatic heterocycles. The van der Waals surface area contributed by atoms with Crippen molar-refractivity contribution in [1.82, 2.24) is 0 Å². The van der Waals surface area contributed by atoms with Crippen molar-refractivity contribution in [1.29, 1.82) is 0 Å². The van der Waals surface area contributed by atoms with Crippen molar-refractivity contribution in [2.24, 2.45) is 0 Å². The molecule has 0 bridgehead atoms. The normalized spacial score (nSPS) is 11.8. The van der Waals surface area contributed by atoms with Gasteiger partial charge in [0.25, 0.3) is 0 Å². The van der Waals surface area contributed by atoms with Crippen LogP contribution < -0.4 is 4.90 Å². The van der Waals surface area contributed by atoms with Gasteiger partial charge in [0.05, 0.1) is 0 Å². The van der Waals surface area contributed by atoms with Crippen molar-refractivity contribution < 1.29 is 8.83 Å². The first kappa shape index (κ1) is 29.6. The van der Waals surface area contributed by atoms with Crippen molar-refractivity contribution in [2.45, 2.75) is 0 Å². The number of nitrogens with zero attached hydrogens (tertiary/aromatic N) is 1. The molecule has 0 aliphatic rings. The van der Waals surface area contributed by atoms with E-state index in [2.05, 4.69) is 181 Å². The molecule has 0 saturated carbocycles. The Kier molecular flexibility index (Phi) is 6.55. The lowest BCUT2D eigenvalue weighted by atomic mass is 9.92. The van der Waals surface area contributed by atoms with Crippen molar-refractivity contribution in [3.8, 4) is 22.3 Å². The fourth-order valence-corrected chi connectivity index (χ4v) is 8.14. The van der Waals surface area contributed by atoms with Gasteiger partial charge in [0.15, 0.2) is 0 Å². The molecular formula is C50H31NO2. The molecule has 53 heavy (non-hydrogen) atoms. The Morgan fingerprint density at radius 1 is 0.302 bits per heavy atom. The number of para-hydroxylation sites is 2. The van der Waals surface area contributed by atoms with Gasteiger partial charge in [0.1, 0.15) is 22.3 Å². The molecule has 0 fully saturated rings. The maximum atomic E-state index is 6.81. The number of benzene rings is 9. The van der Waals surface area contributed by atoms with Crippen LogP contribution in [0.1, 0.15) is 0 Å². The Balaban J connectivity index is 1.04. The van der Waals surface area contributed by atoms with Crippen molar-refractivity contribution in [2.75, 3.05) is 4.90 Å². The van der Waals surface area contributed by atoms with Gasteiger partial charge in [-0.1, -0.05) is 121 Å². The first-order valence-corrected chi connectivity index (χ1v) is 18.0. The molecule has 2 aromatic heterocycles. The molecule has 3 nitrogen and oxygen atoms in total. The summed E-state index contributed by atoms with van der Waals surface area (Å²) in [6.45, 7) is 0. The molecule has 2 heterocycles. The van der Waals surface area contributed by atoms with Gasteiger partial charge in [-0.2, -0.15) is 0 Å². The van der Waals surface area contributed by atoms with Crippen LogP contribution in [0.3, 0.4) is 0 Å². The van der Waals surface area contributed by atoms with Gasteiger partial charge in [-0.3, -0.25) is 0 Å². The molecule has 0 unspecified atom stereocenters. The van der Waals surface area contributed by atoms with Gasteiger partial charge in [-0.15, -0.1) is 0 Å². The second kappa shape index (κ2) is 11.7. The predicted octanol–water partition coefficient (Wildman–Crippen LogP) is 14.6. The fourth-order valence-electron chi connectivity index (χ4n) is 8.14. The summed E-state index contributed by atoms with van der Waals surface area (Å²) in [7, 11) is 0. The standard InChI is InChI=1S/C50H31NO2/c1-2-13-35(14-3-1)51(36-24-21-32(22-25-36)34-23-28-48-45(29-34)41-17-8-9-20-47(41)52-48)37-26-27-42-46-31-44(39-19-10-12-33-11-4-5-15-38(33)39)40-16-6-7-18-43(40)50(46)53-49(42)30-37/h1-31H. The Morgan fingerprint density at radius 3 is 1.81 bits per heavy atom. The number of furan rings is 2. The summed E-state index contributed by atoms with van der Waals surface area (Å²) in [5, 5.41) is 9.25.